The number of carboxylic acids is 1. The van der Waals surface area contributed by atoms with Gasteiger partial charge in [0.2, 0.25) is 0 Å². The molecule has 0 amide bonds. The minimum atomic E-state index is -4.19. The van der Waals surface area contributed by atoms with Crippen molar-refractivity contribution in [2.24, 2.45) is 4.99 Å². The molecule has 0 aliphatic heterocycles. The average molecular weight is 420 g/mol. The van der Waals surface area contributed by atoms with Crippen molar-refractivity contribution in [3.05, 3.63) is 71.1 Å². The number of nitrogens with two attached hydrogens (primary N) is 1. The van der Waals surface area contributed by atoms with Crippen molar-refractivity contribution in [3.8, 4) is 0 Å². The second-order valence-electron chi connectivity index (χ2n) is 5.57. The van der Waals surface area contributed by atoms with Crippen molar-refractivity contribution in [3.63, 3.8) is 0 Å². The molecule has 0 saturated heterocycles. The van der Waals surface area contributed by atoms with Crippen LogP contribution in [0.3, 0.4) is 0 Å². The van der Waals surface area contributed by atoms with Crippen molar-refractivity contribution < 1.29 is 22.7 Å². The zero-order valence-electron chi connectivity index (χ0n) is 14.2. The third-order valence-corrected chi connectivity index (χ3v) is 5.48. The summed E-state index contributed by atoms with van der Waals surface area (Å²) in [4.78, 5) is 15.2. The van der Waals surface area contributed by atoms with Crippen LogP contribution in [0.1, 0.15) is 16.1 Å². The van der Waals surface area contributed by atoms with E-state index in [0.29, 0.717) is 5.76 Å². The van der Waals surface area contributed by atoms with Crippen LogP contribution in [0.2, 0.25) is 5.02 Å². The molecular weight excluding hydrogens is 406 g/mol. The average Bonchev–Trinajstić information content (AvgIpc) is 3.15. The van der Waals surface area contributed by atoms with Gasteiger partial charge >= 0.3 is 5.97 Å². The number of sulfonamides is 1. The number of rotatable bonds is 6. The first-order valence-electron chi connectivity index (χ1n) is 7.79. The first-order chi connectivity index (χ1) is 13.3. The summed E-state index contributed by atoms with van der Waals surface area (Å²) in [6, 6.07) is 11.6. The van der Waals surface area contributed by atoms with Crippen LogP contribution in [0.25, 0.3) is 0 Å². The first kappa shape index (κ1) is 19.5. The van der Waals surface area contributed by atoms with Gasteiger partial charge in [-0.3, -0.25) is 9.71 Å². The van der Waals surface area contributed by atoms with Gasteiger partial charge in [-0.15, -0.1) is 0 Å². The van der Waals surface area contributed by atoms with Crippen LogP contribution in [0.5, 0.6) is 0 Å². The Morgan fingerprint density at radius 3 is 2.61 bits per heavy atom. The zero-order valence-corrected chi connectivity index (χ0v) is 15.7. The Labute approximate surface area is 165 Å². The highest BCUT2D eigenvalue weighted by Gasteiger charge is 2.23. The predicted octanol–water partition coefficient (Wildman–Crippen LogP) is 3.76. The van der Waals surface area contributed by atoms with Gasteiger partial charge in [-0.05, 0) is 36.4 Å². The molecule has 0 fully saturated rings. The van der Waals surface area contributed by atoms with E-state index in [2.05, 4.69) is 9.71 Å². The fourth-order valence-electron chi connectivity index (χ4n) is 2.31. The van der Waals surface area contributed by atoms with Crippen LogP contribution in [0.15, 0.2) is 69.1 Å². The minimum absolute atomic E-state index is 0.0212. The second-order valence-corrected chi connectivity index (χ2v) is 7.63. The highest BCUT2D eigenvalue weighted by atomic mass is 35.5. The van der Waals surface area contributed by atoms with Crippen LogP contribution >= 0.6 is 11.6 Å². The van der Waals surface area contributed by atoms with Gasteiger partial charge in [0.25, 0.3) is 10.0 Å². The minimum Gasteiger partial charge on any atom is -0.478 e. The molecule has 3 rings (SSSR count). The zero-order chi connectivity index (χ0) is 20.3. The van der Waals surface area contributed by atoms with Gasteiger partial charge < -0.3 is 15.3 Å². The van der Waals surface area contributed by atoms with E-state index in [1.54, 1.807) is 24.3 Å². The van der Waals surface area contributed by atoms with E-state index in [4.69, 9.17) is 21.8 Å². The van der Waals surface area contributed by atoms with E-state index in [1.165, 1.54) is 24.6 Å². The lowest BCUT2D eigenvalue weighted by Crippen LogP contribution is -2.15. The summed E-state index contributed by atoms with van der Waals surface area (Å²) >= 11 is 6.12. The standard InChI is InChI=1S/C18H14ClN3O5S/c19-13-9-16(21-10-11-4-3-7-27-11)12(18(23)24)8-17(13)28(25,26)22-15-6-2-1-5-14(15)20/h1-10,22H,20H2,(H,23,24). The molecule has 0 saturated carbocycles. The molecule has 8 nitrogen and oxygen atoms in total. The van der Waals surface area contributed by atoms with E-state index in [-0.39, 0.29) is 27.6 Å². The second kappa shape index (κ2) is 7.75. The highest BCUT2D eigenvalue weighted by Crippen LogP contribution is 2.32. The van der Waals surface area contributed by atoms with Crippen LogP contribution in [0.4, 0.5) is 17.1 Å². The molecule has 3 aromatic rings. The van der Waals surface area contributed by atoms with E-state index in [1.807, 2.05) is 0 Å². The number of anilines is 2. The van der Waals surface area contributed by atoms with Gasteiger partial charge in [-0.2, -0.15) is 0 Å². The fraction of sp³-hybridized carbons (Fsp3) is 0. The number of hydrogen-bond acceptors (Lipinski definition) is 6. The Morgan fingerprint density at radius 1 is 1.21 bits per heavy atom. The number of para-hydroxylation sites is 2. The summed E-state index contributed by atoms with van der Waals surface area (Å²) in [6.45, 7) is 0. The molecular formula is C18H14ClN3O5S. The van der Waals surface area contributed by atoms with Crippen molar-refractivity contribution in [1.29, 1.82) is 0 Å². The summed E-state index contributed by atoms with van der Waals surface area (Å²) in [6.07, 6.45) is 2.73. The molecule has 10 heteroatoms. The fourth-order valence-corrected chi connectivity index (χ4v) is 3.95. The number of aromatic carboxylic acids is 1. The van der Waals surface area contributed by atoms with Gasteiger partial charge in [0, 0.05) is 0 Å². The van der Waals surface area contributed by atoms with Crippen LogP contribution < -0.4 is 10.5 Å². The molecule has 2 aromatic carbocycles. The number of halogens is 1. The molecule has 0 radical (unpaired) electrons. The van der Waals surface area contributed by atoms with Crippen molar-refractivity contribution in [2.75, 3.05) is 10.5 Å². The van der Waals surface area contributed by atoms with E-state index >= 15 is 0 Å². The topological polar surface area (TPSA) is 135 Å². The normalized spacial score (nSPS) is 11.6. The maximum Gasteiger partial charge on any atom is 0.337 e. The third-order valence-electron chi connectivity index (χ3n) is 3.65. The Bertz CT molecular complexity index is 1160. The smallest absolute Gasteiger partial charge is 0.337 e. The Morgan fingerprint density at radius 2 is 1.96 bits per heavy atom. The molecule has 1 heterocycles. The Kier molecular flexibility index (Phi) is 5.39. The first-order valence-corrected chi connectivity index (χ1v) is 9.66. The largest absolute Gasteiger partial charge is 0.478 e. The van der Waals surface area contributed by atoms with E-state index < -0.39 is 20.9 Å². The number of aliphatic imine (C=N–C) groups is 1. The van der Waals surface area contributed by atoms with Crippen LogP contribution in [-0.2, 0) is 10.0 Å². The van der Waals surface area contributed by atoms with Gasteiger partial charge in [-0.25, -0.2) is 13.2 Å². The summed E-state index contributed by atoms with van der Waals surface area (Å²) in [5.74, 6) is -0.968. The number of carboxylic acid groups (broad SMARTS) is 1. The molecule has 0 atom stereocenters. The van der Waals surface area contributed by atoms with Gasteiger partial charge in [0.1, 0.15) is 10.7 Å². The van der Waals surface area contributed by atoms with Gasteiger partial charge in [0.05, 0.1) is 40.1 Å². The maximum atomic E-state index is 12.7. The molecule has 144 valence electrons. The van der Waals surface area contributed by atoms with E-state index in [9.17, 15) is 18.3 Å². The predicted molar refractivity (Wildman–Crippen MR) is 106 cm³/mol. The van der Waals surface area contributed by atoms with Gasteiger partial charge in [0.15, 0.2) is 0 Å². The lowest BCUT2D eigenvalue weighted by atomic mass is 10.2. The van der Waals surface area contributed by atoms with Crippen LogP contribution in [-0.4, -0.2) is 25.7 Å². The quantitative estimate of drug-likeness (QED) is 0.411. The number of nitrogen functional groups attached to an aromatic ring is 1. The van der Waals surface area contributed by atoms with Crippen molar-refractivity contribution in [1.82, 2.24) is 0 Å². The lowest BCUT2D eigenvalue weighted by molar-refractivity contribution is 0.0697. The SMILES string of the molecule is Nc1ccccc1NS(=O)(=O)c1cc(C(=O)O)c(N=Cc2ccco2)cc1Cl. The molecule has 28 heavy (non-hydrogen) atoms. The molecule has 0 unspecified atom stereocenters. The molecule has 1 aromatic heterocycles. The van der Waals surface area contributed by atoms with Crippen LogP contribution in [0, 0.1) is 0 Å². The molecule has 0 bridgehead atoms. The molecule has 4 N–H and O–H groups in total. The number of nitrogens with one attached hydrogen (secondary N) is 1. The van der Waals surface area contributed by atoms with Crippen molar-refractivity contribution in [2.45, 2.75) is 4.90 Å². The van der Waals surface area contributed by atoms with Crippen molar-refractivity contribution >= 4 is 50.9 Å². The number of furan rings is 1. The molecule has 0 aliphatic carbocycles. The molecule has 0 aliphatic rings. The third kappa shape index (κ3) is 4.16. The molecule has 0 spiro atoms. The lowest BCUT2D eigenvalue weighted by Gasteiger charge is -2.13. The van der Waals surface area contributed by atoms with Gasteiger partial charge in [-0.1, -0.05) is 23.7 Å². The monoisotopic (exact) mass is 419 g/mol. The number of benzene rings is 2. The summed E-state index contributed by atoms with van der Waals surface area (Å²) in [5.41, 5.74) is 5.75. The summed E-state index contributed by atoms with van der Waals surface area (Å²) in [7, 11) is -4.19. The Hall–Kier alpha value is -3.30. The number of nitrogens with zero attached hydrogens (tertiary/aromatic N) is 1. The number of carbonyl (C=O) groups is 1. The highest BCUT2D eigenvalue weighted by molar-refractivity contribution is 7.92. The Balaban J connectivity index is 2.03. The maximum absolute atomic E-state index is 12.7. The summed E-state index contributed by atoms with van der Waals surface area (Å²) < 4.78 is 32.8. The number of hydrogen-bond donors (Lipinski definition) is 3. The van der Waals surface area contributed by atoms with E-state index in [0.717, 1.165) is 12.1 Å². The summed E-state index contributed by atoms with van der Waals surface area (Å²) in [5, 5.41) is 9.27.